The lowest BCUT2D eigenvalue weighted by atomic mass is 9.94. The van der Waals surface area contributed by atoms with Gasteiger partial charge in [0.25, 0.3) is 0 Å². The van der Waals surface area contributed by atoms with Gasteiger partial charge in [-0.1, -0.05) is 18.2 Å². The monoisotopic (exact) mass is 372 g/mol. The highest BCUT2D eigenvalue weighted by atomic mass is 19.1. The van der Waals surface area contributed by atoms with Gasteiger partial charge in [0.1, 0.15) is 12.1 Å². The average molecular weight is 372 g/mol. The summed E-state index contributed by atoms with van der Waals surface area (Å²) in [6, 6.07) is 5.53. The molecule has 1 saturated heterocycles. The van der Waals surface area contributed by atoms with Gasteiger partial charge in [0.15, 0.2) is 0 Å². The van der Waals surface area contributed by atoms with E-state index in [0.717, 1.165) is 43.6 Å². The fourth-order valence-electron chi connectivity index (χ4n) is 3.99. The molecule has 0 bridgehead atoms. The Morgan fingerprint density at radius 3 is 2.70 bits per heavy atom. The van der Waals surface area contributed by atoms with E-state index in [4.69, 9.17) is 4.74 Å². The highest BCUT2D eigenvalue weighted by Gasteiger charge is 2.25. The lowest BCUT2D eigenvalue weighted by Gasteiger charge is -2.37. The molecule has 3 rings (SSSR count). The van der Waals surface area contributed by atoms with E-state index in [1.807, 2.05) is 25.1 Å². The van der Waals surface area contributed by atoms with Crippen molar-refractivity contribution in [3.05, 3.63) is 52.9 Å². The number of ether oxygens (including phenoxy) is 1. The van der Waals surface area contributed by atoms with Gasteiger partial charge in [-0.25, -0.2) is 4.39 Å². The number of halogens is 1. The number of hydrogen-bond acceptors (Lipinski definition) is 4. The van der Waals surface area contributed by atoms with Gasteiger partial charge in [0, 0.05) is 43.0 Å². The summed E-state index contributed by atoms with van der Waals surface area (Å²) in [5.41, 5.74) is 3.10. The number of carbonyl (C=O) groups is 1. The van der Waals surface area contributed by atoms with E-state index in [2.05, 4.69) is 24.1 Å². The van der Waals surface area contributed by atoms with Crippen molar-refractivity contribution in [1.29, 1.82) is 0 Å². The first-order valence-electron chi connectivity index (χ1n) is 9.69. The van der Waals surface area contributed by atoms with E-state index in [1.165, 1.54) is 0 Å². The fourth-order valence-corrected chi connectivity index (χ4v) is 3.99. The van der Waals surface area contributed by atoms with Crippen LogP contribution in [-0.2, 0) is 4.74 Å². The molecule has 1 aromatic carbocycles. The van der Waals surface area contributed by atoms with E-state index in [-0.39, 0.29) is 24.0 Å². The average Bonchev–Trinajstić information content (AvgIpc) is 2.61. The fraction of sp³-hybridized carbons (Fsp3) is 0.500. The van der Waals surface area contributed by atoms with E-state index >= 15 is 0 Å². The van der Waals surface area contributed by atoms with Crippen LogP contribution in [0.3, 0.4) is 0 Å². The van der Waals surface area contributed by atoms with E-state index in [1.54, 1.807) is 12.1 Å². The SMILES string of the molecule is Cc1c(C=O)cccc1NCC1=CCC(CN2CC(C)OC(C)C2)C=C1F. The summed E-state index contributed by atoms with van der Waals surface area (Å²) in [5.74, 6) is 0.0590. The van der Waals surface area contributed by atoms with E-state index < -0.39 is 0 Å². The smallest absolute Gasteiger partial charge is 0.150 e. The van der Waals surface area contributed by atoms with Crippen LogP contribution in [0.5, 0.6) is 0 Å². The van der Waals surface area contributed by atoms with Gasteiger partial charge in [-0.2, -0.15) is 0 Å². The van der Waals surface area contributed by atoms with Crippen LogP contribution in [-0.4, -0.2) is 49.6 Å². The van der Waals surface area contributed by atoms with Crippen LogP contribution in [0.4, 0.5) is 10.1 Å². The number of aldehydes is 1. The van der Waals surface area contributed by atoms with Crippen molar-refractivity contribution in [3.8, 4) is 0 Å². The third-order valence-corrected chi connectivity index (χ3v) is 5.32. The van der Waals surface area contributed by atoms with Crippen LogP contribution in [0.25, 0.3) is 0 Å². The van der Waals surface area contributed by atoms with Gasteiger partial charge < -0.3 is 10.1 Å². The van der Waals surface area contributed by atoms with Crippen LogP contribution in [0.1, 0.15) is 36.2 Å². The Morgan fingerprint density at radius 2 is 2.04 bits per heavy atom. The minimum atomic E-state index is -0.141. The van der Waals surface area contributed by atoms with Crippen molar-refractivity contribution in [2.75, 3.05) is 31.5 Å². The second-order valence-electron chi connectivity index (χ2n) is 7.71. The Balaban J connectivity index is 1.56. The van der Waals surface area contributed by atoms with Crippen LogP contribution < -0.4 is 5.32 Å². The predicted octanol–water partition coefficient (Wildman–Crippen LogP) is 4.13. The summed E-state index contributed by atoms with van der Waals surface area (Å²) in [5, 5.41) is 3.26. The molecular weight excluding hydrogens is 343 g/mol. The zero-order chi connectivity index (χ0) is 19.4. The Morgan fingerprint density at radius 1 is 1.30 bits per heavy atom. The number of morpholine rings is 1. The molecule has 0 radical (unpaired) electrons. The van der Waals surface area contributed by atoms with Gasteiger partial charge in [0.05, 0.1) is 12.2 Å². The first-order valence-corrected chi connectivity index (χ1v) is 9.69. The van der Waals surface area contributed by atoms with Crippen molar-refractivity contribution in [2.24, 2.45) is 5.92 Å². The number of allylic oxidation sites excluding steroid dienone is 1. The Hall–Kier alpha value is -1.98. The maximum absolute atomic E-state index is 14.6. The molecule has 1 fully saturated rings. The van der Waals surface area contributed by atoms with Gasteiger partial charge in [-0.05, 0) is 50.8 Å². The summed E-state index contributed by atoms with van der Waals surface area (Å²) in [7, 11) is 0. The third kappa shape index (κ3) is 5.05. The number of carbonyl (C=O) groups excluding carboxylic acids is 1. The highest BCUT2D eigenvalue weighted by molar-refractivity contribution is 5.80. The molecule has 0 amide bonds. The molecule has 1 aliphatic heterocycles. The number of hydrogen-bond donors (Lipinski definition) is 1. The zero-order valence-corrected chi connectivity index (χ0v) is 16.4. The van der Waals surface area contributed by atoms with E-state index in [9.17, 15) is 9.18 Å². The molecule has 4 nitrogen and oxygen atoms in total. The first kappa shape index (κ1) is 19.8. The molecule has 1 N–H and O–H groups in total. The second-order valence-corrected chi connectivity index (χ2v) is 7.71. The van der Waals surface area contributed by atoms with Crippen LogP contribution >= 0.6 is 0 Å². The maximum Gasteiger partial charge on any atom is 0.150 e. The van der Waals surface area contributed by atoms with Gasteiger partial charge in [0.2, 0.25) is 0 Å². The van der Waals surface area contributed by atoms with Crippen LogP contribution in [0.2, 0.25) is 0 Å². The van der Waals surface area contributed by atoms with Crippen molar-refractivity contribution < 1.29 is 13.9 Å². The van der Waals surface area contributed by atoms with Gasteiger partial charge >= 0.3 is 0 Å². The molecule has 0 saturated carbocycles. The zero-order valence-electron chi connectivity index (χ0n) is 16.4. The number of nitrogens with one attached hydrogen (secondary N) is 1. The standard InChI is InChI=1S/C22H29FN2O2/c1-15-11-25(12-16(2)27-15)13-18-7-8-19(21(23)9-18)10-24-22-6-4-5-20(14-26)17(22)3/h4-6,8-9,14-16,18,24H,7,10-13H2,1-3H3. The molecule has 0 aromatic heterocycles. The van der Waals surface area contributed by atoms with Crippen molar-refractivity contribution in [3.63, 3.8) is 0 Å². The molecule has 3 unspecified atom stereocenters. The minimum Gasteiger partial charge on any atom is -0.381 e. The molecule has 1 aromatic rings. The number of nitrogens with zero attached hydrogens (tertiary/aromatic N) is 1. The van der Waals surface area contributed by atoms with Crippen LogP contribution in [0.15, 0.2) is 41.8 Å². The second kappa shape index (κ2) is 8.81. The molecular formula is C22H29FN2O2. The summed E-state index contributed by atoms with van der Waals surface area (Å²) in [6.45, 7) is 9.17. The molecule has 1 aliphatic carbocycles. The molecule has 146 valence electrons. The number of benzene rings is 1. The molecule has 0 spiro atoms. The maximum atomic E-state index is 14.6. The van der Waals surface area contributed by atoms with Gasteiger partial charge in [-0.15, -0.1) is 0 Å². The summed E-state index contributed by atoms with van der Waals surface area (Å²) < 4.78 is 20.4. The van der Waals surface area contributed by atoms with Crippen molar-refractivity contribution in [1.82, 2.24) is 4.90 Å². The quantitative estimate of drug-likeness (QED) is 0.763. The lowest BCUT2D eigenvalue weighted by molar-refractivity contribution is -0.0701. The molecule has 27 heavy (non-hydrogen) atoms. The molecule has 5 heteroatoms. The molecule has 1 heterocycles. The summed E-state index contributed by atoms with van der Waals surface area (Å²) >= 11 is 0. The summed E-state index contributed by atoms with van der Waals surface area (Å²) in [4.78, 5) is 13.4. The van der Waals surface area contributed by atoms with Crippen LogP contribution in [0, 0.1) is 12.8 Å². The van der Waals surface area contributed by atoms with Crippen molar-refractivity contribution in [2.45, 2.75) is 39.4 Å². The third-order valence-electron chi connectivity index (χ3n) is 5.32. The Kier molecular flexibility index (Phi) is 6.45. The molecule has 2 aliphatic rings. The topological polar surface area (TPSA) is 41.6 Å². The lowest BCUT2D eigenvalue weighted by Crippen LogP contribution is -2.47. The highest BCUT2D eigenvalue weighted by Crippen LogP contribution is 2.27. The number of anilines is 1. The first-order chi connectivity index (χ1) is 13.0. The largest absolute Gasteiger partial charge is 0.381 e. The van der Waals surface area contributed by atoms with Gasteiger partial charge in [-0.3, -0.25) is 9.69 Å². The summed E-state index contributed by atoms with van der Waals surface area (Å²) in [6.07, 6.45) is 5.91. The normalized spacial score (nSPS) is 26.3. The Bertz CT molecular complexity index is 734. The predicted molar refractivity (Wildman–Crippen MR) is 107 cm³/mol. The number of rotatable bonds is 6. The minimum absolute atomic E-state index is 0.141. The Labute approximate surface area is 161 Å². The molecule has 3 atom stereocenters. The van der Waals surface area contributed by atoms with E-state index in [0.29, 0.717) is 17.7 Å². The van der Waals surface area contributed by atoms with Crippen molar-refractivity contribution >= 4 is 12.0 Å².